The maximum atomic E-state index is 12.9. The van der Waals surface area contributed by atoms with Crippen molar-refractivity contribution in [3.8, 4) is 0 Å². The molecule has 0 radical (unpaired) electrons. The second-order valence-electron chi connectivity index (χ2n) is 5.59. The van der Waals surface area contributed by atoms with Crippen molar-refractivity contribution in [2.75, 3.05) is 10.7 Å². The normalized spacial score (nSPS) is 23.1. The SMILES string of the molecule is O=C1[C@@H]2CS[C@@H](c3ccc(Cl)cc3)N2C(=O)N1c1ccc(Cl)cc1. The summed E-state index contributed by atoms with van der Waals surface area (Å²) < 4.78 is 0. The molecule has 2 heterocycles. The fraction of sp³-hybridized carbons (Fsp3) is 0.176. The van der Waals surface area contributed by atoms with Crippen LogP contribution in [-0.4, -0.2) is 28.6 Å². The number of hydrogen-bond donors (Lipinski definition) is 0. The summed E-state index contributed by atoms with van der Waals surface area (Å²) in [4.78, 5) is 28.5. The summed E-state index contributed by atoms with van der Waals surface area (Å²) in [5.41, 5.74) is 1.51. The van der Waals surface area contributed by atoms with Gasteiger partial charge in [-0.2, -0.15) is 0 Å². The minimum Gasteiger partial charge on any atom is -0.295 e. The van der Waals surface area contributed by atoms with Crippen LogP contribution < -0.4 is 4.90 Å². The summed E-state index contributed by atoms with van der Waals surface area (Å²) in [6.45, 7) is 0. The van der Waals surface area contributed by atoms with Gasteiger partial charge in [0, 0.05) is 15.8 Å². The highest BCUT2D eigenvalue weighted by atomic mass is 35.5. The Morgan fingerprint density at radius 3 is 2.12 bits per heavy atom. The van der Waals surface area contributed by atoms with Crippen LogP contribution in [0, 0.1) is 0 Å². The van der Waals surface area contributed by atoms with Gasteiger partial charge in [0.05, 0.1) is 5.69 Å². The molecule has 2 atom stereocenters. The van der Waals surface area contributed by atoms with E-state index in [-0.39, 0.29) is 17.3 Å². The summed E-state index contributed by atoms with van der Waals surface area (Å²) in [6, 6.07) is 13.4. The quantitative estimate of drug-likeness (QED) is 0.718. The van der Waals surface area contributed by atoms with E-state index >= 15 is 0 Å². The third kappa shape index (κ3) is 2.48. The fourth-order valence-corrected chi connectivity index (χ4v) is 4.67. The monoisotopic (exact) mass is 378 g/mol. The van der Waals surface area contributed by atoms with Gasteiger partial charge in [0.25, 0.3) is 5.91 Å². The van der Waals surface area contributed by atoms with Gasteiger partial charge in [0.1, 0.15) is 11.4 Å². The smallest absolute Gasteiger partial charge is 0.295 e. The van der Waals surface area contributed by atoms with Gasteiger partial charge >= 0.3 is 6.03 Å². The van der Waals surface area contributed by atoms with Crippen molar-refractivity contribution in [2.24, 2.45) is 0 Å². The van der Waals surface area contributed by atoms with Gasteiger partial charge in [-0.3, -0.25) is 9.69 Å². The topological polar surface area (TPSA) is 40.6 Å². The Labute approximate surface area is 153 Å². The Hall–Kier alpha value is -1.69. The van der Waals surface area contributed by atoms with Crippen LogP contribution in [0.1, 0.15) is 10.9 Å². The molecule has 2 aromatic rings. The first-order chi connectivity index (χ1) is 11.6. The number of rotatable bonds is 2. The molecular formula is C17H12Cl2N2O2S. The molecule has 0 N–H and O–H groups in total. The van der Waals surface area contributed by atoms with Crippen molar-refractivity contribution in [3.63, 3.8) is 0 Å². The van der Waals surface area contributed by atoms with Crippen molar-refractivity contribution in [1.82, 2.24) is 4.90 Å². The number of urea groups is 1. The van der Waals surface area contributed by atoms with Crippen LogP contribution in [0.4, 0.5) is 10.5 Å². The molecule has 122 valence electrons. The van der Waals surface area contributed by atoms with Crippen molar-refractivity contribution in [1.29, 1.82) is 0 Å². The molecule has 4 nitrogen and oxygen atoms in total. The molecule has 4 rings (SSSR count). The van der Waals surface area contributed by atoms with Crippen molar-refractivity contribution in [3.05, 3.63) is 64.1 Å². The van der Waals surface area contributed by atoms with Gasteiger partial charge in [0.15, 0.2) is 0 Å². The number of thioether (sulfide) groups is 1. The maximum Gasteiger partial charge on any atom is 0.333 e. The lowest BCUT2D eigenvalue weighted by Gasteiger charge is -2.23. The highest BCUT2D eigenvalue weighted by Gasteiger charge is 2.53. The maximum absolute atomic E-state index is 12.9. The Morgan fingerprint density at radius 1 is 0.917 bits per heavy atom. The largest absolute Gasteiger partial charge is 0.333 e. The molecule has 0 spiro atoms. The zero-order valence-electron chi connectivity index (χ0n) is 12.4. The first-order valence-electron chi connectivity index (χ1n) is 7.35. The average Bonchev–Trinajstić information content (AvgIpc) is 3.11. The van der Waals surface area contributed by atoms with E-state index in [4.69, 9.17) is 23.2 Å². The van der Waals surface area contributed by atoms with Crippen LogP contribution in [0.25, 0.3) is 0 Å². The number of nitrogens with zero attached hydrogens (tertiary/aromatic N) is 2. The van der Waals surface area contributed by atoms with Crippen molar-refractivity contribution >= 4 is 52.6 Å². The number of benzene rings is 2. The summed E-state index contributed by atoms with van der Waals surface area (Å²) in [5.74, 6) is 0.397. The number of halogens is 2. The second-order valence-corrected chi connectivity index (χ2v) is 7.58. The Bertz CT molecular complexity index is 810. The van der Waals surface area contributed by atoms with Gasteiger partial charge in [0.2, 0.25) is 0 Å². The summed E-state index contributed by atoms with van der Waals surface area (Å²) in [6.07, 6.45) is 0. The summed E-state index contributed by atoms with van der Waals surface area (Å²) >= 11 is 13.4. The van der Waals surface area contributed by atoms with E-state index in [0.717, 1.165) is 5.56 Å². The van der Waals surface area contributed by atoms with E-state index in [0.29, 0.717) is 21.5 Å². The molecule has 7 heteroatoms. The first kappa shape index (κ1) is 15.8. The molecule has 2 aliphatic rings. The Morgan fingerprint density at radius 2 is 1.50 bits per heavy atom. The Kier molecular flexibility index (Phi) is 3.95. The molecule has 0 bridgehead atoms. The van der Waals surface area contributed by atoms with Crippen LogP contribution in [0.3, 0.4) is 0 Å². The van der Waals surface area contributed by atoms with Crippen LogP contribution >= 0.6 is 35.0 Å². The number of hydrogen-bond acceptors (Lipinski definition) is 3. The van der Waals surface area contributed by atoms with Gasteiger partial charge in [-0.05, 0) is 42.0 Å². The first-order valence-corrected chi connectivity index (χ1v) is 9.15. The summed E-state index contributed by atoms with van der Waals surface area (Å²) in [5, 5.41) is 1.03. The molecule has 2 saturated heterocycles. The fourth-order valence-electron chi connectivity index (χ4n) is 3.00. The molecule has 0 unspecified atom stereocenters. The number of amides is 3. The van der Waals surface area contributed by atoms with Gasteiger partial charge in [-0.1, -0.05) is 35.3 Å². The highest BCUT2D eigenvalue weighted by Crippen LogP contribution is 2.46. The minimum absolute atomic E-state index is 0.180. The van der Waals surface area contributed by atoms with Gasteiger partial charge in [-0.25, -0.2) is 9.69 Å². The van der Waals surface area contributed by atoms with E-state index in [1.807, 2.05) is 12.1 Å². The van der Waals surface area contributed by atoms with E-state index < -0.39 is 6.04 Å². The molecule has 0 saturated carbocycles. The lowest BCUT2D eigenvalue weighted by Crippen LogP contribution is -2.33. The molecule has 2 aromatic carbocycles. The number of imide groups is 1. The zero-order valence-corrected chi connectivity index (χ0v) is 14.7. The molecule has 2 fully saturated rings. The summed E-state index contributed by atoms with van der Waals surface area (Å²) in [7, 11) is 0. The lowest BCUT2D eigenvalue weighted by molar-refractivity contribution is -0.119. The van der Waals surface area contributed by atoms with Gasteiger partial charge < -0.3 is 0 Å². The van der Waals surface area contributed by atoms with E-state index in [2.05, 4.69) is 0 Å². The van der Waals surface area contributed by atoms with Gasteiger partial charge in [-0.15, -0.1) is 11.8 Å². The van der Waals surface area contributed by atoms with Crippen LogP contribution in [0.15, 0.2) is 48.5 Å². The molecule has 24 heavy (non-hydrogen) atoms. The minimum atomic E-state index is -0.432. The van der Waals surface area contributed by atoms with Crippen LogP contribution in [0.2, 0.25) is 10.0 Å². The van der Waals surface area contributed by atoms with Crippen LogP contribution in [0.5, 0.6) is 0 Å². The number of carbonyl (C=O) groups excluding carboxylic acids is 2. The molecule has 0 aliphatic carbocycles. The van der Waals surface area contributed by atoms with Crippen molar-refractivity contribution in [2.45, 2.75) is 11.4 Å². The van der Waals surface area contributed by atoms with E-state index in [1.165, 1.54) is 4.90 Å². The predicted octanol–water partition coefficient (Wildman–Crippen LogP) is 4.58. The van der Waals surface area contributed by atoms with Crippen LogP contribution in [-0.2, 0) is 4.79 Å². The molecule has 0 aromatic heterocycles. The predicted molar refractivity (Wildman–Crippen MR) is 96.6 cm³/mol. The molecule has 2 aliphatic heterocycles. The molecular weight excluding hydrogens is 367 g/mol. The average molecular weight is 379 g/mol. The second kappa shape index (κ2) is 5.99. The van der Waals surface area contributed by atoms with E-state index in [9.17, 15) is 9.59 Å². The Balaban J connectivity index is 1.67. The standard InChI is InChI=1S/C17H12Cl2N2O2S/c18-11-3-1-10(2-4-11)16-21-14(9-24-16)15(22)20(17(21)23)13-7-5-12(19)6-8-13/h1-8,14,16H,9H2/t14-,16-/m0/s1. The zero-order chi connectivity index (χ0) is 16.8. The number of carbonyl (C=O) groups is 2. The third-order valence-corrected chi connectivity index (χ3v) is 5.99. The van der Waals surface area contributed by atoms with Crippen molar-refractivity contribution < 1.29 is 9.59 Å². The highest BCUT2D eigenvalue weighted by molar-refractivity contribution is 7.99. The number of fused-ring (bicyclic) bond motifs is 1. The number of anilines is 1. The van der Waals surface area contributed by atoms with E-state index in [1.54, 1.807) is 53.1 Å². The lowest BCUT2D eigenvalue weighted by atomic mass is 10.2. The third-order valence-electron chi connectivity index (χ3n) is 4.16. The molecule has 3 amide bonds.